The van der Waals surface area contributed by atoms with Crippen molar-refractivity contribution >= 4 is 24.9 Å². The Bertz CT molecular complexity index is 752. The van der Waals surface area contributed by atoms with Crippen molar-refractivity contribution in [3.63, 3.8) is 0 Å². The van der Waals surface area contributed by atoms with E-state index in [0.717, 1.165) is 0 Å². The van der Waals surface area contributed by atoms with Gasteiger partial charge in [-0.25, -0.2) is 9.55 Å². The molecular weight excluding hydrogens is 317 g/mol. The Kier molecular flexibility index (Phi) is 4.94. The van der Waals surface area contributed by atoms with E-state index in [-0.39, 0.29) is 49.2 Å². The number of H-pyrrole nitrogens is 1. The molecule has 12 heteroatoms. The molecule has 6 N–H and O–H groups in total. The van der Waals surface area contributed by atoms with Gasteiger partial charge in [0.2, 0.25) is 5.95 Å². The SMILES string of the molecule is Nc1nc2c(ncn2CC(CO)CCOP(=O)(O)O)c(=O)[nH]1. The number of aromatic nitrogens is 4. The van der Waals surface area contributed by atoms with Crippen LogP contribution in [0.1, 0.15) is 6.42 Å². The zero-order valence-electron chi connectivity index (χ0n) is 11.4. The van der Waals surface area contributed by atoms with Crippen molar-refractivity contribution < 1.29 is 24.0 Å². The number of phosphoric ester groups is 1. The minimum Gasteiger partial charge on any atom is -0.396 e. The van der Waals surface area contributed by atoms with E-state index in [1.807, 2.05) is 0 Å². The van der Waals surface area contributed by atoms with E-state index in [1.165, 1.54) is 6.33 Å². The van der Waals surface area contributed by atoms with Gasteiger partial charge in [0.25, 0.3) is 5.56 Å². The van der Waals surface area contributed by atoms with Crippen LogP contribution in [-0.2, 0) is 15.6 Å². The van der Waals surface area contributed by atoms with Gasteiger partial charge >= 0.3 is 7.82 Å². The molecule has 2 aromatic rings. The van der Waals surface area contributed by atoms with E-state index < -0.39 is 13.4 Å². The number of nitrogen functional groups attached to an aromatic ring is 1. The van der Waals surface area contributed by atoms with Gasteiger partial charge in [-0.15, -0.1) is 0 Å². The van der Waals surface area contributed by atoms with Gasteiger partial charge in [-0.3, -0.25) is 14.3 Å². The molecule has 2 rings (SSSR count). The summed E-state index contributed by atoms with van der Waals surface area (Å²) in [5.41, 5.74) is 5.41. The number of anilines is 1. The lowest BCUT2D eigenvalue weighted by Gasteiger charge is -2.15. The van der Waals surface area contributed by atoms with Crippen molar-refractivity contribution in [2.24, 2.45) is 5.92 Å². The third-order valence-corrected chi connectivity index (χ3v) is 3.51. The zero-order chi connectivity index (χ0) is 16.3. The lowest BCUT2D eigenvalue weighted by atomic mass is 10.1. The number of imidazole rings is 1. The Hall–Kier alpha value is -1.78. The van der Waals surface area contributed by atoms with Crippen LogP contribution in [-0.4, -0.2) is 47.6 Å². The van der Waals surface area contributed by atoms with Crippen LogP contribution in [0.4, 0.5) is 5.95 Å². The normalized spacial score (nSPS) is 13.6. The van der Waals surface area contributed by atoms with Gasteiger partial charge in [-0.1, -0.05) is 0 Å². The van der Waals surface area contributed by atoms with Crippen LogP contribution in [0.2, 0.25) is 0 Å². The van der Waals surface area contributed by atoms with Gasteiger partial charge in [0, 0.05) is 19.1 Å². The van der Waals surface area contributed by atoms with Crippen molar-refractivity contribution in [3.05, 3.63) is 16.7 Å². The largest absolute Gasteiger partial charge is 0.469 e. The Balaban J connectivity index is 2.11. The molecule has 1 unspecified atom stereocenters. The van der Waals surface area contributed by atoms with Crippen LogP contribution >= 0.6 is 7.82 Å². The molecule has 0 radical (unpaired) electrons. The Morgan fingerprint density at radius 2 is 2.23 bits per heavy atom. The summed E-state index contributed by atoms with van der Waals surface area (Å²) < 4.78 is 16.5. The molecule has 0 aromatic carbocycles. The molecule has 0 saturated carbocycles. The van der Waals surface area contributed by atoms with E-state index in [2.05, 4.69) is 19.5 Å². The Morgan fingerprint density at radius 3 is 2.86 bits per heavy atom. The third kappa shape index (κ3) is 4.12. The monoisotopic (exact) mass is 333 g/mol. The summed E-state index contributed by atoms with van der Waals surface area (Å²) in [6.07, 6.45) is 1.60. The third-order valence-electron chi connectivity index (χ3n) is 2.99. The molecule has 0 fully saturated rings. The first-order valence-corrected chi connectivity index (χ1v) is 7.84. The van der Waals surface area contributed by atoms with Crippen LogP contribution in [0.5, 0.6) is 0 Å². The first kappa shape index (κ1) is 16.6. The maximum absolute atomic E-state index is 11.6. The smallest absolute Gasteiger partial charge is 0.396 e. The fourth-order valence-corrected chi connectivity index (χ4v) is 2.30. The lowest BCUT2D eigenvalue weighted by molar-refractivity contribution is 0.151. The zero-order valence-corrected chi connectivity index (χ0v) is 12.3. The number of hydrogen-bond donors (Lipinski definition) is 5. The predicted molar refractivity (Wildman–Crippen MR) is 75.8 cm³/mol. The van der Waals surface area contributed by atoms with Crippen molar-refractivity contribution in [3.8, 4) is 0 Å². The van der Waals surface area contributed by atoms with E-state index >= 15 is 0 Å². The standard InChI is InChI=1S/C10H16N5O6P/c11-10-13-8-7(9(17)14-10)12-5-15(8)3-6(4-16)1-2-21-22(18,19)20/h5-6,16H,1-4H2,(H2,18,19,20)(H3,11,13,14,17). The summed E-state index contributed by atoms with van der Waals surface area (Å²) in [4.78, 5) is 39.1. The highest BCUT2D eigenvalue weighted by Gasteiger charge is 2.17. The highest BCUT2D eigenvalue weighted by molar-refractivity contribution is 7.46. The summed E-state index contributed by atoms with van der Waals surface area (Å²) in [5.74, 6) is -0.407. The van der Waals surface area contributed by atoms with E-state index in [0.29, 0.717) is 0 Å². The second-order valence-electron chi connectivity index (χ2n) is 4.68. The maximum atomic E-state index is 11.6. The molecule has 0 bridgehead atoms. The molecule has 0 aliphatic rings. The summed E-state index contributed by atoms with van der Waals surface area (Å²) in [6.45, 7) is -0.200. The van der Waals surface area contributed by atoms with Gasteiger partial charge in [-0.2, -0.15) is 4.98 Å². The van der Waals surface area contributed by atoms with Gasteiger partial charge < -0.3 is 25.2 Å². The number of nitrogens with one attached hydrogen (secondary N) is 1. The Labute approximate surface area is 124 Å². The molecule has 122 valence electrons. The van der Waals surface area contributed by atoms with Crippen molar-refractivity contribution in [1.29, 1.82) is 0 Å². The fraction of sp³-hybridized carbons (Fsp3) is 0.500. The summed E-state index contributed by atoms with van der Waals surface area (Å²) in [6, 6.07) is 0. The molecule has 2 heterocycles. The molecule has 0 saturated heterocycles. The number of nitrogens with two attached hydrogens (primary N) is 1. The molecule has 1 atom stereocenters. The second kappa shape index (κ2) is 6.55. The minimum atomic E-state index is -4.53. The fourth-order valence-electron chi connectivity index (χ4n) is 1.96. The summed E-state index contributed by atoms with van der Waals surface area (Å²) in [7, 11) is -4.53. The molecule has 2 aromatic heterocycles. The maximum Gasteiger partial charge on any atom is 0.469 e. The van der Waals surface area contributed by atoms with Crippen LogP contribution in [0.3, 0.4) is 0 Å². The van der Waals surface area contributed by atoms with Crippen molar-refractivity contribution in [2.75, 3.05) is 18.9 Å². The average Bonchev–Trinajstić information content (AvgIpc) is 2.79. The highest BCUT2D eigenvalue weighted by atomic mass is 31.2. The number of rotatable bonds is 7. The molecule has 22 heavy (non-hydrogen) atoms. The Morgan fingerprint density at radius 1 is 1.50 bits per heavy atom. The second-order valence-corrected chi connectivity index (χ2v) is 5.92. The van der Waals surface area contributed by atoms with E-state index in [4.69, 9.17) is 15.5 Å². The average molecular weight is 333 g/mol. The van der Waals surface area contributed by atoms with E-state index in [1.54, 1.807) is 4.57 Å². The van der Waals surface area contributed by atoms with Crippen LogP contribution in [0.25, 0.3) is 11.2 Å². The van der Waals surface area contributed by atoms with Gasteiger partial charge in [0.15, 0.2) is 11.2 Å². The molecule has 11 nitrogen and oxygen atoms in total. The van der Waals surface area contributed by atoms with Gasteiger partial charge in [0.05, 0.1) is 12.9 Å². The number of phosphoric acid groups is 1. The number of aromatic amines is 1. The predicted octanol–water partition coefficient (Wildman–Crippen LogP) is -1.19. The number of hydrogen-bond acceptors (Lipinski definition) is 7. The quantitative estimate of drug-likeness (QED) is 0.390. The topological polar surface area (TPSA) is 177 Å². The van der Waals surface area contributed by atoms with E-state index in [9.17, 15) is 14.5 Å². The van der Waals surface area contributed by atoms with Crippen molar-refractivity contribution in [2.45, 2.75) is 13.0 Å². The minimum absolute atomic E-state index is 0.0513. The summed E-state index contributed by atoms with van der Waals surface area (Å²) in [5, 5.41) is 9.34. The highest BCUT2D eigenvalue weighted by Crippen LogP contribution is 2.36. The molecule has 0 spiro atoms. The van der Waals surface area contributed by atoms with Gasteiger partial charge in [-0.05, 0) is 6.42 Å². The molecule has 0 amide bonds. The van der Waals surface area contributed by atoms with Crippen LogP contribution in [0.15, 0.2) is 11.1 Å². The first-order chi connectivity index (χ1) is 10.3. The lowest BCUT2D eigenvalue weighted by Crippen LogP contribution is -2.18. The van der Waals surface area contributed by atoms with Crippen LogP contribution < -0.4 is 11.3 Å². The molecular formula is C10H16N5O6P. The number of aliphatic hydroxyl groups is 1. The number of fused-ring (bicyclic) bond motifs is 1. The first-order valence-electron chi connectivity index (χ1n) is 6.31. The van der Waals surface area contributed by atoms with Crippen LogP contribution in [0, 0.1) is 5.92 Å². The molecule has 0 aliphatic carbocycles. The van der Waals surface area contributed by atoms with Crippen molar-refractivity contribution in [1.82, 2.24) is 19.5 Å². The number of aliphatic hydroxyl groups excluding tert-OH is 1. The molecule has 0 aliphatic heterocycles. The summed E-state index contributed by atoms with van der Waals surface area (Å²) >= 11 is 0. The van der Waals surface area contributed by atoms with Gasteiger partial charge in [0.1, 0.15) is 0 Å². The number of nitrogens with zero attached hydrogens (tertiary/aromatic N) is 3.